The zero-order chi connectivity index (χ0) is 19.1. The van der Waals surface area contributed by atoms with E-state index in [4.69, 9.17) is 11.6 Å². The molecule has 2 aromatic carbocycles. The number of pyridine rings is 1. The fourth-order valence-corrected chi connectivity index (χ4v) is 2.74. The number of halogens is 2. The van der Waals surface area contributed by atoms with Crippen molar-refractivity contribution in [2.45, 2.75) is 13.0 Å². The van der Waals surface area contributed by atoms with E-state index in [9.17, 15) is 9.18 Å². The number of carbonyl (C=O) groups excluding carboxylic acids is 1. The van der Waals surface area contributed by atoms with Gasteiger partial charge in [-0.1, -0.05) is 41.9 Å². The van der Waals surface area contributed by atoms with Gasteiger partial charge in [-0.3, -0.25) is 4.79 Å². The maximum Gasteiger partial charge on any atom is 0.252 e. The second kappa shape index (κ2) is 9.14. The first-order valence-corrected chi connectivity index (χ1v) is 8.95. The van der Waals surface area contributed by atoms with Gasteiger partial charge in [-0.15, -0.1) is 0 Å². The van der Waals surface area contributed by atoms with Crippen molar-refractivity contribution < 1.29 is 9.18 Å². The lowest BCUT2D eigenvalue weighted by Crippen LogP contribution is -2.25. The molecule has 0 aliphatic rings. The van der Waals surface area contributed by atoms with Crippen LogP contribution in [0.4, 0.5) is 10.2 Å². The molecule has 4 nitrogen and oxygen atoms in total. The predicted octanol–water partition coefficient (Wildman–Crippen LogP) is 4.46. The summed E-state index contributed by atoms with van der Waals surface area (Å²) >= 11 is 6.13. The average molecular weight is 384 g/mol. The highest BCUT2D eigenvalue weighted by Crippen LogP contribution is 2.16. The summed E-state index contributed by atoms with van der Waals surface area (Å²) in [5.41, 5.74) is 2.43. The van der Waals surface area contributed by atoms with Crippen LogP contribution in [0.2, 0.25) is 5.02 Å². The first kappa shape index (κ1) is 18.9. The topological polar surface area (TPSA) is 54.0 Å². The number of aromatic nitrogens is 1. The van der Waals surface area contributed by atoms with Gasteiger partial charge in [-0.05, 0) is 47.9 Å². The minimum absolute atomic E-state index is 0.192. The fraction of sp³-hybridized carbons (Fsp3) is 0.143. The first-order chi connectivity index (χ1) is 13.1. The quantitative estimate of drug-likeness (QED) is 0.633. The molecule has 1 heterocycles. The zero-order valence-corrected chi connectivity index (χ0v) is 15.3. The third-order valence-electron chi connectivity index (χ3n) is 4.06. The normalized spacial score (nSPS) is 10.4. The molecule has 1 amide bonds. The highest BCUT2D eigenvalue weighted by atomic mass is 35.5. The van der Waals surface area contributed by atoms with E-state index in [2.05, 4.69) is 15.6 Å². The number of nitrogens with one attached hydrogen (secondary N) is 2. The van der Waals surface area contributed by atoms with Gasteiger partial charge in [0.25, 0.3) is 5.91 Å². The Morgan fingerprint density at radius 1 is 1.04 bits per heavy atom. The maximum atomic E-state index is 12.9. The molecule has 0 saturated carbocycles. The molecule has 0 unspecified atom stereocenters. The Morgan fingerprint density at radius 2 is 1.81 bits per heavy atom. The highest BCUT2D eigenvalue weighted by molar-refractivity contribution is 6.31. The van der Waals surface area contributed by atoms with Gasteiger partial charge in [0.2, 0.25) is 0 Å². The van der Waals surface area contributed by atoms with E-state index in [-0.39, 0.29) is 11.7 Å². The van der Waals surface area contributed by atoms with Crippen molar-refractivity contribution in [1.29, 1.82) is 0 Å². The summed E-state index contributed by atoms with van der Waals surface area (Å²) < 4.78 is 12.9. The highest BCUT2D eigenvalue weighted by Gasteiger charge is 2.06. The molecule has 138 valence electrons. The lowest BCUT2D eigenvalue weighted by Gasteiger charge is -2.08. The van der Waals surface area contributed by atoms with Crippen LogP contribution >= 0.6 is 11.6 Å². The Morgan fingerprint density at radius 3 is 2.52 bits per heavy atom. The molecular formula is C21H19ClFN3O. The Labute approximate surface area is 162 Å². The largest absolute Gasteiger partial charge is 0.366 e. The van der Waals surface area contributed by atoms with Gasteiger partial charge in [0.15, 0.2) is 0 Å². The Bertz CT molecular complexity index is 898. The molecule has 0 atom stereocenters. The number of hydrogen-bond acceptors (Lipinski definition) is 3. The summed E-state index contributed by atoms with van der Waals surface area (Å²) in [6.07, 6.45) is 2.17. The molecule has 0 aliphatic carbocycles. The molecule has 3 aromatic rings. The maximum absolute atomic E-state index is 12.9. The second-order valence-corrected chi connectivity index (χ2v) is 6.42. The van der Waals surface area contributed by atoms with E-state index < -0.39 is 0 Å². The smallest absolute Gasteiger partial charge is 0.252 e. The van der Waals surface area contributed by atoms with Crippen LogP contribution in [0.1, 0.15) is 21.5 Å². The van der Waals surface area contributed by atoms with E-state index in [1.807, 2.05) is 24.3 Å². The van der Waals surface area contributed by atoms with Gasteiger partial charge >= 0.3 is 0 Å². The number of rotatable bonds is 7. The van der Waals surface area contributed by atoms with Crippen LogP contribution in [0.15, 0.2) is 66.9 Å². The van der Waals surface area contributed by atoms with Crippen molar-refractivity contribution in [3.63, 3.8) is 0 Å². The van der Waals surface area contributed by atoms with E-state index in [1.54, 1.807) is 24.3 Å². The van der Waals surface area contributed by atoms with Gasteiger partial charge in [0, 0.05) is 24.3 Å². The Kier molecular flexibility index (Phi) is 6.39. The van der Waals surface area contributed by atoms with Crippen LogP contribution in [0.5, 0.6) is 0 Å². The molecule has 0 bridgehead atoms. The minimum atomic E-state index is -0.267. The van der Waals surface area contributed by atoms with Crippen LogP contribution in [0, 0.1) is 5.82 Å². The number of anilines is 1. The van der Waals surface area contributed by atoms with Crippen LogP contribution < -0.4 is 10.6 Å². The number of benzene rings is 2. The van der Waals surface area contributed by atoms with Crippen molar-refractivity contribution in [3.05, 3.63) is 94.4 Å². The molecule has 0 radical (unpaired) electrons. The summed E-state index contributed by atoms with van der Waals surface area (Å²) in [6, 6.07) is 17.3. The van der Waals surface area contributed by atoms with Crippen LogP contribution in [0.3, 0.4) is 0 Å². The van der Waals surface area contributed by atoms with E-state index in [0.29, 0.717) is 35.9 Å². The number of carbonyl (C=O) groups is 1. The van der Waals surface area contributed by atoms with Crippen molar-refractivity contribution in [1.82, 2.24) is 10.3 Å². The predicted molar refractivity (Wildman–Crippen MR) is 105 cm³/mol. The molecular weight excluding hydrogens is 365 g/mol. The second-order valence-electron chi connectivity index (χ2n) is 6.01. The van der Waals surface area contributed by atoms with E-state index in [0.717, 1.165) is 11.1 Å². The van der Waals surface area contributed by atoms with Gasteiger partial charge in [-0.2, -0.15) is 0 Å². The third-order valence-corrected chi connectivity index (χ3v) is 4.42. The lowest BCUT2D eigenvalue weighted by molar-refractivity contribution is 0.0954. The number of amides is 1. The molecule has 0 saturated heterocycles. The van der Waals surface area contributed by atoms with Crippen LogP contribution in [-0.2, 0) is 13.0 Å². The fourth-order valence-electron chi connectivity index (χ4n) is 2.53. The number of hydrogen-bond donors (Lipinski definition) is 2. The third kappa shape index (κ3) is 5.53. The van der Waals surface area contributed by atoms with Gasteiger partial charge in [0.05, 0.1) is 5.56 Å². The summed E-state index contributed by atoms with van der Waals surface area (Å²) in [6.45, 7) is 1.02. The van der Waals surface area contributed by atoms with Crippen molar-refractivity contribution in [3.8, 4) is 0 Å². The molecule has 0 aliphatic heterocycles. The van der Waals surface area contributed by atoms with E-state index >= 15 is 0 Å². The monoisotopic (exact) mass is 383 g/mol. The molecule has 0 spiro atoms. The average Bonchev–Trinajstić information content (AvgIpc) is 2.69. The van der Waals surface area contributed by atoms with Crippen molar-refractivity contribution >= 4 is 23.3 Å². The first-order valence-electron chi connectivity index (χ1n) is 8.58. The molecule has 1 aromatic heterocycles. The summed E-state index contributed by atoms with van der Waals surface area (Å²) in [5, 5.41) is 6.71. The van der Waals surface area contributed by atoms with Gasteiger partial charge in [-0.25, -0.2) is 9.37 Å². The van der Waals surface area contributed by atoms with Crippen LogP contribution in [-0.4, -0.2) is 17.4 Å². The van der Waals surface area contributed by atoms with Crippen molar-refractivity contribution in [2.24, 2.45) is 0 Å². The minimum Gasteiger partial charge on any atom is -0.366 e. The molecule has 27 heavy (non-hydrogen) atoms. The summed E-state index contributed by atoms with van der Waals surface area (Å²) in [4.78, 5) is 16.4. The molecule has 0 fully saturated rings. The molecule has 3 rings (SSSR count). The zero-order valence-electron chi connectivity index (χ0n) is 14.6. The molecule has 2 N–H and O–H groups in total. The van der Waals surface area contributed by atoms with Gasteiger partial charge < -0.3 is 10.6 Å². The summed E-state index contributed by atoms with van der Waals surface area (Å²) in [7, 11) is 0. The molecule has 6 heteroatoms. The standard InChI is InChI=1S/C21H19ClFN3O/c22-19-4-2-1-3-16(19)13-25-20-10-7-17(14-26-20)21(27)24-12-11-15-5-8-18(23)9-6-15/h1-10,14H,11-13H2,(H,24,27)(H,25,26). The van der Waals surface area contributed by atoms with Crippen LogP contribution in [0.25, 0.3) is 0 Å². The van der Waals surface area contributed by atoms with E-state index in [1.165, 1.54) is 18.3 Å². The lowest BCUT2D eigenvalue weighted by atomic mass is 10.1. The Hall–Kier alpha value is -2.92. The number of nitrogens with zero attached hydrogens (tertiary/aromatic N) is 1. The van der Waals surface area contributed by atoms with Crippen molar-refractivity contribution in [2.75, 3.05) is 11.9 Å². The SMILES string of the molecule is O=C(NCCc1ccc(F)cc1)c1ccc(NCc2ccccc2Cl)nc1. The summed E-state index contributed by atoms with van der Waals surface area (Å²) in [5.74, 6) is 0.206. The van der Waals surface area contributed by atoms with Gasteiger partial charge in [0.1, 0.15) is 11.6 Å². The Balaban J connectivity index is 1.48.